The van der Waals surface area contributed by atoms with Gasteiger partial charge in [0, 0.05) is 44.8 Å². The highest BCUT2D eigenvalue weighted by Gasteiger charge is 2.17. The SMILES string of the molecule is Cc1cccc(N2CCN(CCCCNC(=O)Cc3ccc4c(c3)CCO4)CC2)c1. The maximum atomic E-state index is 12.2. The highest BCUT2D eigenvalue weighted by Crippen LogP contribution is 2.26. The highest BCUT2D eigenvalue weighted by molar-refractivity contribution is 5.78. The molecule has 0 atom stereocenters. The largest absolute Gasteiger partial charge is 0.493 e. The molecule has 2 aromatic carbocycles. The molecule has 2 aromatic rings. The average molecular weight is 408 g/mol. The van der Waals surface area contributed by atoms with Crippen molar-refractivity contribution in [1.29, 1.82) is 0 Å². The first kappa shape index (κ1) is 20.7. The van der Waals surface area contributed by atoms with Gasteiger partial charge in [0.15, 0.2) is 0 Å². The summed E-state index contributed by atoms with van der Waals surface area (Å²) in [5.41, 5.74) is 4.96. The number of fused-ring (bicyclic) bond motifs is 1. The van der Waals surface area contributed by atoms with Gasteiger partial charge in [-0.2, -0.15) is 0 Å². The lowest BCUT2D eigenvalue weighted by molar-refractivity contribution is -0.120. The van der Waals surface area contributed by atoms with Crippen LogP contribution in [0, 0.1) is 6.92 Å². The summed E-state index contributed by atoms with van der Waals surface area (Å²) in [6.45, 7) is 9.19. The molecule has 1 saturated heterocycles. The number of aryl methyl sites for hydroxylation is 1. The number of hydrogen-bond donors (Lipinski definition) is 1. The molecule has 0 unspecified atom stereocenters. The van der Waals surface area contributed by atoms with Crippen LogP contribution in [0.3, 0.4) is 0 Å². The first-order valence-corrected chi connectivity index (χ1v) is 11.2. The van der Waals surface area contributed by atoms with Crippen molar-refractivity contribution < 1.29 is 9.53 Å². The van der Waals surface area contributed by atoms with Crippen LogP contribution in [0.2, 0.25) is 0 Å². The molecule has 0 spiro atoms. The number of anilines is 1. The fourth-order valence-corrected chi connectivity index (χ4v) is 4.34. The van der Waals surface area contributed by atoms with E-state index in [-0.39, 0.29) is 5.91 Å². The molecule has 0 aromatic heterocycles. The normalized spacial score (nSPS) is 16.2. The predicted molar refractivity (Wildman–Crippen MR) is 121 cm³/mol. The van der Waals surface area contributed by atoms with Crippen LogP contribution >= 0.6 is 0 Å². The van der Waals surface area contributed by atoms with Crippen LogP contribution in [0.4, 0.5) is 5.69 Å². The monoisotopic (exact) mass is 407 g/mol. The predicted octanol–water partition coefficient (Wildman–Crippen LogP) is 3.19. The van der Waals surface area contributed by atoms with E-state index < -0.39 is 0 Å². The zero-order valence-corrected chi connectivity index (χ0v) is 18.0. The number of nitrogens with one attached hydrogen (secondary N) is 1. The minimum atomic E-state index is 0.112. The van der Waals surface area contributed by atoms with E-state index in [0.717, 1.165) is 76.5 Å². The molecule has 4 rings (SSSR count). The second kappa shape index (κ2) is 9.98. The van der Waals surface area contributed by atoms with Gasteiger partial charge in [-0.1, -0.05) is 24.3 Å². The fraction of sp³-hybridized carbons (Fsp3) is 0.480. The van der Waals surface area contributed by atoms with E-state index in [1.165, 1.54) is 16.8 Å². The van der Waals surface area contributed by atoms with Gasteiger partial charge in [-0.15, -0.1) is 0 Å². The number of carbonyl (C=O) groups excluding carboxylic acids is 1. The van der Waals surface area contributed by atoms with E-state index >= 15 is 0 Å². The summed E-state index contributed by atoms with van der Waals surface area (Å²) in [6.07, 6.45) is 3.56. The summed E-state index contributed by atoms with van der Waals surface area (Å²) in [4.78, 5) is 17.2. The van der Waals surface area contributed by atoms with Gasteiger partial charge in [0.25, 0.3) is 0 Å². The van der Waals surface area contributed by atoms with Crippen molar-refractivity contribution in [3.05, 3.63) is 59.2 Å². The molecule has 0 radical (unpaired) electrons. The van der Waals surface area contributed by atoms with Crippen LogP contribution < -0.4 is 15.0 Å². The van der Waals surface area contributed by atoms with Gasteiger partial charge >= 0.3 is 0 Å². The van der Waals surface area contributed by atoms with Crippen molar-refractivity contribution >= 4 is 11.6 Å². The van der Waals surface area contributed by atoms with Crippen LogP contribution in [0.1, 0.15) is 29.5 Å². The summed E-state index contributed by atoms with van der Waals surface area (Å²) in [7, 11) is 0. The highest BCUT2D eigenvalue weighted by atomic mass is 16.5. The van der Waals surface area contributed by atoms with Crippen LogP contribution in [0.5, 0.6) is 5.75 Å². The number of hydrogen-bond acceptors (Lipinski definition) is 4. The molecule has 2 aliphatic heterocycles. The van der Waals surface area contributed by atoms with Gasteiger partial charge in [-0.05, 0) is 61.2 Å². The lowest BCUT2D eigenvalue weighted by atomic mass is 10.1. The van der Waals surface area contributed by atoms with Gasteiger partial charge < -0.3 is 15.0 Å². The van der Waals surface area contributed by atoms with Gasteiger partial charge in [0.1, 0.15) is 5.75 Å². The zero-order valence-electron chi connectivity index (χ0n) is 18.0. The zero-order chi connectivity index (χ0) is 20.8. The molecule has 2 aliphatic rings. The Kier molecular flexibility index (Phi) is 6.90. The number of nitrogens with zero attached hydrogens (tertiary/aromatic N) is 2. The third-order valence-corrected chi connectivity index (χ3v) is 6.08. The Morgan fingerprint density at radius 2 is 1.93 bits per heavy atom. The summed E-state index contributed by atoms with van der Waals surface area (Å²) in [6, 6.07) is 14.9. The van der Waals surface area contributed by atoms with Crippen molar-refractivity contribution in [2.75, 3.05) is 50.8 Å². The molecule has 160 valence electrons. The minimum absolute atomic E-state index is 0.112. The Labute approximate surface area is 180 Å². The Bertz CT molecular complexity index is 859. The second-order valence-electron chi connectivity index (χ2n) is 8.44. The first-order valence-electron chi connectivity index (χ1n) is 11.2. The molecular formula is C25H33N3O2. The summed E-state index contributed by atoms with van der Waals surface area (Å²) in [5.74, 6) is 1.08. The quantitative estimate of drug-likeness (QED) is 0.683. The van der Waals surface area contributed by atoms with E-state index in [0.29, 0.717) is 6.42 Å². The van der Waals surface area contributed by atoms with E-state index in [1.54, 1.807) is 0 Å². The minimum Gasteiger partial charge on any atom is -0.493 e. The Balaban J connectivity index is 1.09. The van der Waals surface area contributed by atoms with Crippen molar-refractivity contribution in [2.45, 2.75) is 32.6 Å². The molecule has 0 bridgehead atoms. The number of ether oxygens (including phenoxy) is 1. The van der Waals surface area contributed by atoms with Gasteiger partial charge in [0.05, 0.1) is 13.0 Å². The Morgan fingerprint density at radius 3 is 2.77 bits per heavy atom. The van der Waals surface area contributed by atoms with E-state index in [4.69, 9.17) is 4.74 Å². The van der Waals surface area contributed by atoms with Crippen molar-refractivity contribution in [3.63, 3.8) is 0 Å². The van der Waals surface area contributed by atoms with Crippen LogP contribution in [0.15, 0.2) is 42.5 Å². The third kappa shape index (κ3) is 5.54. The lowest BCUT2D eigenvalue weighted by Crippen LogP contribution is -2.46. The number of rotatable bonds is 8. The molecule has 2 heterocycles. The topological polar surface area (TPSA) is 44.8 Å². The van der Waals surface area contributed by atoms with Crippen LogP contribution in [0.25, 0.3) is 0 Å². The molecule has 1 N–H and O–H groups in total. The molecule has 0 saturated carbocycles. The molecule has 1 amide bonds. The standard InChI is InChI=1S/C25H33N3O2/c1-20-5-4-6-23(17-20)28-14-12-27(13-15-28)11-3-2-10-26-25(29)19-21-7-8-24-22(18-21)9-16-30-24/h4-8,17-18H,2-3,9-16,19H2,1H3,(H,26,29). The number of amides is 1. The summed E-state index contributed by atoms with van der Waals surface area (Å²) in [5, 5.41) is 3.07. The van der Waals surface area contributed by atoms with Gasteiger partial charge in [-0.25, -0.2) is 0 Å². The third-order valence-electron chi connectivity index (χ3n) is 6.08. The van der Waals surface area contributed by atoms with E-state index in [1.807, 2.05) is 12.1 Å². The second-order valence-corrected chi connectivity index (χ2v) is 8.44. The lowest BCUT2D eigenvalue weighted by Gasteiger charge is -2.36. The first-order chi connectivity index (χ1) is 14.7. The van der Waals surface area contributed by atoms with Crippen molar-refractivity contribution in [2.24, 2.45) is 0 Å². The fourth-order valence-electron chi connectivity index (χ4n) is 4.34. The van der Waals surface area contributed by atoms with Crippen LogP contribution in [-0.4, -0.2) is 56.7 Å². The average Bonchev–Trinajstić information content (AvgIpc) is 3.22. The van der Waals surface area contributed by atoms with Crippen LogP contribution in [-0.2, 0) is 17.6 Å². The molecule has 30 heavy (non-hydrogen) atoms. The Morgan fingerprint density at radius 1 is 1.07 bits per heavy atom. The van der Waals surface area contributed by atoms with Crippen molar-refractivity contribution in [1.82, 2.24) is 10.2 Å². The molecule has 0 aliphatic carbocycles. The van der Waals surface area contributed by atoms with E-state index in [2.05, 4.69) is 52.4 Å². The van der Waals surface area contributed by atoms with Gasteiger partial charge in [0.2, 0.25) is 5.91 Å². The number of benzene rings is 2. The maximum Gasteiger partial charge on any atom is 0.224 e. The molecule has 5 heteroatoms. The van der Waals surface area contributed by atoms with Gasteiger partial charge in [-0.3, -0.25) is 9.69 Å². The number of unbranched alkanes of at least 4 members (excludes halogenated alkanes) is 1. The number of piperazine rings is 1. The molecular weight excluding hydrogens is 374 g/mol. The Hall–Kier alpha value is -2.53. The van der Waals surface area contributed by atoms with Crippen molar-refractivity contribution in [3.8, 4) is 5.75 Å². The summed E-state index contributed by atoms with van der Waals surface area (Å²) < 4.78 is 5.53. The number of carbonyl (C=O) groups is 1. The molecule has 1 fully saturated rings. The smallest absolute Gasteiger partial charge is 0.224 e. The maximum absolute atomic E-state index is 12.2. The van der Waals surface area contributed by atoms with E-state index in [9.17, 15) is 4.79 Å². The summed E-state index contributed by atoms with van der Waals surface area (Å²) >= 11 is 0. The molecule has 5 nitrogen and oxygen atoms in total.